The molecular weight excluding hydrogens is 236 g/mol. The zero-order valence-electron chi connectivity index (χ0n) is 10.8. The number of likely N-dealkylation sites (N-methyl/N-ethyl adjacent to an activating group) is 2. The van der Waals surface area contributed by atoms with Crippen molar-refractivity contribution in [2.45, 2.75) is 0 Å². The smallest absolute Gasteiger partial charge is 0.263 e. The van der Waals surface area contributed by atoms with Crippen LogP contribution in [-0.2, 0) is 0 Å². The SMILES string of the molecule is CNC(=O)c1sc(N(C)CCN(C)C)cc1N. The van der Waals surface area contributed by atoms with E-state index in [1.165, 1.54) is 11.3 Å². The van der Waals surface area contributed by atoms with Crippen molar-refractivity contribution in [1.29, 1.82) is 0 Å². The predicted molar refractivity (Wildman–Crippen MR) is 73.9 cm³/mol. The van der Waals surface area contributed by atoms with Gasteiger partial charge in [0.1, 0.15) is 4.88 Å². The minimum atomic E-state index is -0.125. The first-order valence-electron chi connectivity index (χ1n) is 5.43. The number of anilines is 2. The van der Waals surface area contributed by atoms with E-state index in [-0.39, 0.29) is 5.91 Å². The fourth-order valence-electron chi connectivity index (χ4n) is 1.33. The lowest BCUT2D eigenvalue weighted by molar-refractivity contribution is 0.0968. The summed E-state index contributed by atoms with van der Waals surface area (Å²) in [5, 5.41) is 3.61. The molecule has 0 spiro atoms. The van der Waals surface area contributed by atoms with Crippen molar-refractivity contribution in [3.63, 3.8) is 0 Å². The Labute approximate surface area is 106 Å². The normalized spacial score (nSPS) is 10.6. The van der Waals surface area contributed by atoms with Gasteiger partial charge >= 0.3 is 0 Å². The number of nitrogens with two attached hydrogens (primary N) is 1. The van der Waals surface area contributed by atoms with Crippen LogP contribution in [0, 0.1) is 0 Å². The maximum absolute atomic E-state index is 11.5. The Kier molecular flexibility index (Phi) is 4.77. The summed E-state index contributed by atoms with van der Waals surface area (Å²) in [6.45, 7) is 1.86. The minimum absolute atomic E-state index is 0.125. The highest BCUT2D eigenvalue weighted by Gasteiger charge is 2.15. The van der Waals surface area contributed by atoms with Gasteiger partial charge < -0.3 is 20.9 Å². The van der Waals surface area contributed by atoms with Crippen molar-refractivity contribution >= 4 is 27.9 Å². The second-order valence-electron chi connectivity index (χ2n) is 4.17. The quantitative estimate of drug-likeness (QED) is 0.813. The summed E-state index contributed by atoms with van der Waals surface area (Å²) >= 11 is 1.42. The van der Waals surface area contributed by atoms with Crippen molar-refractivity contribution in [2.24, 2.45) is 0 Å². The van der Waals surface area contributed by atoms with E-state index in [4.69, 9.17) is 5.73 Å². The molecule has 0 atom stereocenters. The van der Waals surface area contributed by atoms with Crippen molar-refractivity contribution < 1.29 is 4.79 Å². The van der Waals surface area contributed by atoms with Gasteiger partial charge in [0.05, 0.1) is 10.7 Å². The Bertz CT molecular complexity index is 389. The molecule has 0 bridgehead atoms. The zero-order chi connectivity index (χ0) is 13.0. The van der Waals surface area contributed by atoms with Gasteiger partial charge in [-0.3, -0.25) is 4.79 Å². The molecule has 3 N–H and O–H groups in total. The molecule has 0 aromatic carbocycles. The van der Waals surface area contributed by atoms with Gasteiger partial charge in [-0.25, -0.2) is 0 Å². The fraction of sp³-hybridized carbons (Fsp3) is 0.545. The predicted octanol–water partition coefficient (Wildman–Crippen LogP) is 0.688. The number of amides is 1. The Morgan fingerprint density at radius 2 is 2.06 bits per heavy atom. The summed E-state index contributed by atoms with van der Waals surface area (Å²) < 4.78 is 0. The third-order valence-corrected chi connectivity index (χ3v) is 3.70. The molecule has 0 aliphatic heterocycles. The molecule has 0 unspecified atom stereocenters. The molecule has 0 radical (unpaired) electrons. The molecule has 17 heavy (non-hydrogen) atoms. The number of carbonyl (C=O) groups is 1. The van der Waals surface area contributed by atoms with Gasteiger partial charge in [-0.1, -0.05) is 0 Å². The molecule has 0 aliphatic rings. The lowest BCUT2D eigenvalue weighted by atomic mass is 10.3. The maximum atomic E-state index is 11.5. The van der Waals surface area contributed by atoms with Crippen molar-refractivity contribution in [2.75, 3.05) is 51.9 Å². The van der Waals surface area contributed by atoms with E-state index in [0.717, 1.165) is 18.1 Å². The topological polar surface area (TPSA) is 61.6 Å². The highest BCUT2D eigenvalue weighted by molar-refractivity contribution is 7.18. The van der Waals surface area contributed by atoms with Gasteiger partial charge in [-0.05, 0) is 20.2 Å². The van der Waals surface area contributed by atoms with Crippen molar-refractivity contribution in [1.82, 2.24) is 10.2 Å². The van der Waals surface area contributed by atoms with Crippen LogP contribution in [0.2, 0.25) is 0 Å². The van der Waals surface area contributed by atoms with E-state index in [1.54, 1.807) is 7.05 Å². The Hall–Kier alpha value is -1.27. The standard InChI is InChI=1S/C11H20N4OS/c1-13-11(16)10-8(12)7-9(17-10)15(4)6-5-14(2)3/h7H,5-6,12H2,1-4H3,(H,13,16). The molecule has 1 heterocycles. The highest BCUT2D eigenvalue weighted by Crippen LogP contribution is 2.31. The second-order valence-corrected chi connectivity index (χ2v) is 5.20. The molecule has 1 aromatic heterocycles. The summed E-state index contributed by atoms with van der Waals surface area (Å²) in [5.41, 5.74) is 6.37. The number of hydrogen-bond donors (Lipinski definition) is 2. The van der Waals surface area contributed by atoms with Crippen LogP contribution >= 0.6 is 11.3 Å². The van der Waals surface area contributed by atoms with E-state index < -0.39 is 0 Å². The van der Waals surface area contributed by atoms with Crippen LogP contribution in [0.15, 0.2) is 6.07 Å². The fourth-order valence-corrected chi connectivity index (χ4v) is 2.34. The number of nitrogens with zero attached hydrogens (tertiary/aromatic N) is 2. The summed E-state index contributed by atoms with van der Waals surface area (Å²) in [6.07, 6.45) is 0. The maximum Gasteiger partial charge on any atom is 0.263 e. The lowest BCUT2D eigenvalue weighted by Crippen LogP contribution is -2.27. The monoisotopic (exact) mass is 256 g/mol. The summed E-state index contributed by atoms with van der Waals surface area (Å²) in [4.78, 5) is 16.3. The van der Waals surface area contributed by atoms with E-state index in [9.17, 15) is 4.79 Å². The van der Waals surface area contributed by atoms with Crippen molar-refractivity contribution in [3.8, 4) is 0 Å². The van der Waals surface area contributed by atoms with E-state index in [2.05, 4.69) is 15.1 Å². The molecule has 1 amide bonds. The highest BCUT2D eigenvalue weighted by atomic mass is 32.1. The molecule has 6 heteroatoms. The molecule has 96 valence electrons. The molecule has 0 fully saturated rings. The first-order valence-corrected chi connectivity index (χ1v) is 6.24. The molecule has 1 rings (SSSR count). The Morgan fingerprint density at radius 1 is 1.41 bits per heavy atom. The van der Waals surface area contributed by atoms with Gasteiger partial charge in [-0.2, -0.15) is 0 Å². The van der Waals surface area contributed by atoms with Gasteiger partial charge in [0.2, 0.25) is 0 Å². The Morgan fingerprint density at radius 3 is 2.59 bits per heavy atom. The zero-order valence-corrected chi connectivity index (χ0v) is 11.6. The number of thiophene rings is 1. The summed E-state index contributed by atoms with van der Waals surface area (Å²) in [5.74, 6) is -0.125. The second kappa shape index (κ2) is 5.88. The van der Waals surface area contributed by atoms with Crippen LogP contribution in [0.4, 0.5) is 10.7 Å². The number of rotatable bonds is 5. The summed E-state index contributed by atoms with van der Waals surface area (Å²) in [6, 6.07) is 1.85. The first kappa shape index (κ1) is 13.8. The number of carbonyl (C=O) groups excluding carboxylic acids is 1. The van der Waals surface area contributed by atoms with E-state index in [1.807, 2.05) is 27.2 Å². The van der Waals surface area contributed by atoms with Gasteiger partial charge in [0.15, 0.2) is 0 Å². The van der Waals surface area contributed by atoms with Gasteiger partial charge in [-0.15, -0.1) is 11.3 Å². The van der Waals surface area contributed by atoms with Crippen molar-refractivity contribution in [3.05, 3.63) is 10.9 Å². The molecule has 1 aromatic rings. The number of nitrogen functional groups attached to an aromatic ring is 1. The van der Waals surface area contributed by atoms with Crippen LogP contribution in [0.25, 0.3) is 0 Å². The van der Waals surface area contributed by atoms with E-state index in [0.29, 0.717) is 10.6 Å². The minimum Gasteiger partial charge on any atom is -0.397 e. The van der Waals surface area contributed by atoms with Gasteiger partial charge in [0, 0.05) is 27.2 Å². The third-order valence-electron chi connectivity index (χ3n) is 2.44. The molecular formula is C11H20N4OS. The van der Waals surface area contributed by atoms with Crippen LogP contribution in [0.5, 0.6) is 0 Å². The lowest BCUT2D eigenvalue weighted by Gasteiger charge is -2.19. The van der Waals surface area contributed by atoms with Crippen LogP contribution in [0.3, 0.4) is 0 Å². The van der Waals surface area contributed by atoms with Crippen LogP contribution in [0.1, 0.15) is 9.67 Å². The summed E-state index contributed by atoms with van der Waals surface area (Å²) in [7, 11) is 7.68. The van der Waals surface area contributed by atoms with Crippen LogP contribution in [-0.4, -0.2) is 52.1 Å². The number of hydrogen-bond acceptors (Lipinski definition) is 5. The van der Waals surface area contributed by atoms with E-state index >= 15 is 0 Å². The third kappa shape index (κ3) is 3.61. The van der Waals surface area contributed by atoms with Crippen LogP contribution < -0.4 is 16.0 Å². The molecule has 0 saturated heterocycles. The molecule has 0 aliphatic carbocycles. The average Bonchev–Trinajstić information content (AvgIpc) is 2.67. The molecule has 5 nitrogen and oxygen atoms in total. The van der Waals surface area contributed by atoms with Gasteiger partial charge in [0.25, 0.3) is 5.91 Å². The molecule has 0 saturated carbocycles. The average molecular weight is 256 g/mol. The largest absolute Gasteiger partial charge is 0.397 e. The first-order chi connectivity index (χ1) is 7.95. The number of nitrogens with one attached hydrogen (secondary N) is 1. The Balaban J connectivity index is 2.75.